The van der Waals surface area contributed by atoms with Gasteiger partial charge >= 0.3 is 6.18 Å². The molecule has 0 radical (unpaired) electrons. The van der Waals surface area contributed by atoms with E-state index in [1.54, 1.807) is 17.9 Å². The summed E-state index contributed by atoms with van der Waals surface area (Å²) >= 11 is 0. The van der Waals surface area contributed by atoms with Crippen molar-refractivity contribution in [1.29, 1.82) is 0 Å². The summed E-state index contributed by atoms with van der Waals surface area (Å²) in [7, 11) is 0. The molecule has 1 heterocycles. The monoisotopic (exact) mass is 387 g/mol. The predicted octanol–water partition coefficient (Wildman–Crippen LogP) is 2.79. The first kappa shape index (κ1) is 22.8. The van der Waals surface area contributed by atoms with Gasteiger partial charge in [0.15, 0.2) is 0 Å². The normalized spacial score (nSPS) is 16.0. The number of nitrogens with two attached hydrogens (primary N) is 1. The van der Waals surface area contributed by atoms with Crippen LogP contribution >= 0.6 is 24.8 Å². The van der Waals surface area contributed by atoms with Crippen LogP contribution in [0.2, 0.25) is 0 Å². The number of hydrogen-bond donors (Lipinski definition) is 1. The van der Waals surface area contributed by atoms with Crippen LogP contribution in [0.1, 0.15) is 12.5 Å². The molecule has 1 aromatic rings. The Morgan fingerprint density at radius 1 is 1.21 bits per heavy atom. The Morgan fingerprint density at radius 2 is 1.79 bits per heavy atom. The van der Waals surface area contributed by atoms with Crippen LogP contribution < -0.4 is 10.6 Å². The fourth-order valence-corrected chi connectivity index (χ4v) is 2.48. The van der Waals surface area contributed by atoms with E-state index in [4.69, 9.17) is 5.73 Å². The highest BCUT2D eigenvalue weighted by Gasteiger charge is 2.31. The van der Waals surface area contributed by atoms with Crippen LogP contribution in [0, 0.1) is 5.92 Å². The average molecular weight is 388 g/mol. The van der Waals surface area contributed by atoms with Crippen LogP contribution in [-0.2, 0) is 11.0 Å². The van der Waals surface area contributed by atoms with Crippen molar-refractivity contribution in [3.8, 4) is 0 Å². The highest BCUT2D eigenvalue weighted by Crippen LogP contribution is 2.31. The SMILES string of the molecule is CC(CN)C(=O)N1CCN(c2cccc(C(F)(F)F)c2)CC1.Cl.Cl. The number of amides is 1. The Labute approximate surface area is 152 Å². The molecule has 0 aromatic heterocycles. The first-order valence-corrected chi connectivity index (χ1v) is 7.24. The van der Waals surface area contributed by atoms with E-state index in [-0.39, 0.29) is 36.6 Å². The Balaban J connectivity index is 0.00000264. The predicted molar refractivity (Wildman–Crippen MR) is 93.0 cm³/mol. The number of anilines is 1. The summed E-state index contributed by atoms with van der Waals surface area (Å²) in [6, 6.07) is 5.29. The second kappa shape index (κ2) is 9.34. The molecule has 1 aliphatic heterocycles. The van der Waals surface area contributed by atoms with E-state index < -0.39 is 11.7 Å². The van der Waals surface area contributed by atoms with E-state index in [0.717, 1.165) is 12.1 Å². The fraction of sp³-hybridized carbons (Fsp3) is 0.533. The van der Waals surface area contributed by atoms with E-state index >= 15 is 0 Å². The Bertz CT molecular complexity index is 535. The van der Waals surface area contributed by atoms with Crippen molar-refractivity contribution in [2.75, 3.05) is 37.6 Å². The number of alkyl halides is 3. The molecule has 0 aliphatic carbocycles. The average Bonchev–Trinajstić information content (AvgIpc) is 2.53. The van der Waals surface area contributed by atoms with Gasteiger partial charge in [0.2, 0.25) is 5.91 Å². The second-order valence-corrected chi connectivity index (χ2v) is 5.50. The molecule has 9 heteroatoms. The van der Waals surface area contributed by atoms with Crippen molar-refractivity contribution >= 4 is 36.4 Å². The zero-order valence-corrected chi connectivity index (χ0v) is 14.9. The molecule has 138 valence electrons. The van der Waals surface area contributed by atoms with Crippen LogP contribution in [0.4, 0.5) is 18.9 Å². The van der Waals surface area contributed by atoms with Gasteiger partial charge in [-0.2, -0.15) is 13.2 Å². The molecule has 1 amide bonds. The highest BCUT2D eigenvalue weighted by atomic mass is 35.5. The molecule has 1 aromatic carbocycles. The van der Waals surface area contributed by atoms with Crippen LogP contribution in [0.5, 0.6) is 0 Å². The van der Waals surface area contributed by atoms with E-state index in [1.807, 2.05) is 4.90 Å². The molecular weight excluding hydrogens is 366 g/mol. The van der Waals surface area contributed by atoms with Crippen LogP contribution in [0.3, 0.4) is 0 Å². The molecule has 0 bridgehead atoms. The third-order valence-corrected chi connectivity index (χ3v) is 3.91. The fourth-order valence-electron chi connectivity index (χ4n) is 2.48. The standard InChI is InChI=1S/C15H20F3N3O.2ClH/c1-11(10-19)14(22)21-7-5-20(6-8-21)13-4-2-3-12(9-13)15(16,17)18;;/h2-4,9,11H,5-8,10,19H2,1H3;2*1H. The molecule has 0 saturated carbocycles. The lowest BCUT2D eigenvalue weighted by Crippen LogP contribution is -2.50. The quantitative estimate of drug-likeness (QED) is 0.867. The minimum atomic E-state index is -4.34. The van der Waals surface area contributed by atoms with Gasteiger partial charge in [-0.05, 0) is 18.2 Å². The van der Waals surface area contributed by atoms with Crippen molar-refractivity contribution in [1.82, 2.24) is 4.90 Å². The molecule has 1 unspecified atom stereocenters. The summed E-state index contributed by atoms with van der Waals surface area (Å²) in [6.07, 6.45) is -4.34. The van der Waals surface area contributed by atoms with E-state index in [1.165, 1.54) is 6.07 Å². The number of nitrogens with zero attached hydrogens (tertiary/aromatic N) is 2. The highest BCUT2D eigenvalue weighted by molar-refractivity contribution is 5.85. The first-order valence-electron chi connectivity index (χ1n) is 7.24. The number of hydrogen-bond acceptors (Lipinski definition) is 3. The van der Waals surface area contributed by atoms with Gasteiger partial charge in [-0.15, -0.1) is 24.8 Å². The maximum Gasteiger partial charge on any atom is 0.416 e. The Hall–Kier alpha value is -1.18. The third-order valence-electron chi connectivity index (χ3n) is 3.91. The van der Waals surface area contributed by atoms with Gasteiger partial charge < -0.3 is 15.5 Å². The molecular formula is C15H22Cl2F3N3O. The number of benzene rings is 1. The van der Waals surface area contributed by atoms with Crippen LogP contribution in [-0.4, -0.2) is 43.5 Å². The number of carbonyl (C=O) groups is 1. The zero-order chi connectivity index (χ0) is 16.3. The molecule has 0 spiro atoms. The molecule has 1 fully saturated rings. The number of piperazine rings is 1. The van der Waals surface area contributed by atoms with Gasteiger partial charge in [0, 0.05) is 44.3 Å². The maximum atomic E-state index is 12.7. The van der Waals surface area contributed by atoms with Crippen LogP contribution in [0.25, 0.3) is 0 Å². The largest absolute Gasteiger partial charge is 0.416 e. The topological polar surface area (TPSA) is 49.6 Å². The number of halogens is 5. The third kappa shape index (κ3) is 5.43. The van der Waals surface area contributed by atoms with Gasteiger partial charge in [-0.3, -0.25) is 4.79 Å². The summed E-state index contributed by atoms with van der Waals surface area (Å²) in [5.41, 5.74) is 5.37. The summed E-state index contributed by atoms with van der Waals surface area (Å²) in [4.78, 5) is 15.6. The van der Waals surface area contributed by atoms with E-state index in [9.17, 15) is 18.0 Å². The minimum Gasteiger partial charge on any atom is -0.368 e. The number of rotatable bonds is 3. The molecule has 2 N–H and O–H groups in total. The molecule has 24 heavy (non-hydrogen) atoms. The van der Waals surface area contributed by atoms with Gasteiger partial charge in [-0.1, -0.05) is 13.0 Å². The summed E-state index contributed by atoms with van der Waals surface area (Å²) in [6.45, 7) is 4.11. The lowest BCUT2D eigenvalue weighted by molar-refractivity contribution is -0.137. The minimum absolute atomic E-state index is 0. The van der Waals surface area contributed by atoms with Gasteiger partial charge in [0.1, 0.15) is 0 Å². The second-order valence-electron chi connectivity index (χ2n) is 5.50. The lowest BCUT2D eigenvalue weighted by Gasteiger charge is -2.37. The summed E-state index contributed by atoms with van der Waals surface area (Å²) in [5, 5.41) is 0. The molecule has 1 saturated heterocycles. The molecule has 1 aliphatic rings. The van der Waals surface area contributed by atoms with Crippen molar-refractivity contribution < 1.29 is 18.0 Å². The molecule has 1 atom stereocenters. The van der Waals surface area contributed by atoms with Crippen molar-refractivity contribution in [3.05, 3.63) is 29.8 Å². The Morgan fingerprint density at radius 3 is 2.29 bits per heavy atom. The number of carbonyl (C=O) groups excluding carboxylic acids is 1. The van der Waals surface area contributed by atoms with Gasteiger partial charge in [-0.25, -0.2) is 0 Å². The van der Waals surface area contributed by atoms with E-state index in [0.29, 0.717) is 38.4 Å². The zero-order valence-electron chi connectivity index (χ0n) is 13.3. The van der Waals surface area contributed by atoms with E-state index in [2.05, 4.69) is 0 Å². The molecule has 2 rings (SSSR count). The molecule has 4 nitrogen and oxygen atoms in total. The smallest absolute Gasteiger partial charge is 0.368 e. The van der Waals surface area contributed by atoms with Crippen molar-refractivity contribution in [2.45, 2.75) is 13.1 Å². The summed E-state index contributed by atoms with van der Waals surface area (Å²) in [5.74, 6) is -0.216. The van der Waals surface area contributed by atoms with Gasteiger partial charge in [0.25, 0.3) is 0 Å². The van der Waals surface area contributed by atoms with Crippen LogP contribution in [0.15, 0.2) is 24.3 Å². The van der Waals surface area contributed by atoms with Gasteiger partial charge in [0.05, 0.1) is 5.56 Å². The first-order chi connectivity index (χ1) is 10.3. The Kier molecular flexibility index (Phi) is 8.88. The summed E-state index contributed by atoms with van der Waals surface area (Å²) < 4.78 is 38.2. The van der Waals surface area contributed by atoms with Crippen molar-refractivity contribution in [3.63, 3.8) is 0 Å². The maximum absolute atomic E-state index is 12.7. The lowest BCUT2D eigenvalue weighted by atomic mass is 10.1. The van der Waals surface area contributed by atoms with Crippen molar-refractivity contribution in [2.24, 2.45) is 11.7 Å².